The molecule has 0 aromatic heterocycles. The van der Waals surface area contributed by atoms with Gasteiger partial charge >= 0.3 is 5.97 Å². The van der Waals surface area contributed by atoms with Gasteiger partial charge in [-0.15, -0.1) is 0 Å². The number of carbonyl (C=O) groups excluding carboxylic acids is 1. The van der Waals surface area contributed by atoms with Crippen molar-refractivity contribution < 1.29 is 19.4 Å². The van der Waals surface area contributed by atoms with Gasteiger partial charge in [-0.3, -0.25) is 9.59 Å². The van der Waals surface area contributed by atoms with Gasteiger partial charge in [-0.1, -0.05) is 13.8 Å². The first-order valence-corrected chi connectivity index (χ1v) is 7.91. The summed E-state index contributed by atoms with van der Waals surface area (Å²) < 4.78 is 5.30. The molecule has 2 rings (SSSR count). The summed E-state index contributed by atoms with van der Waals surface area (Å²) in [5.41, 5.74) is -0.298. The van der Waals surface area contributed by atoms with Crippen LogP contribution < -0.4 is 5.32 Å². The Labute approximate surface area is 126 Å². The zero-order valence-electron chi connectivity index (χ0n) is 13.1. The molecule has 0 radical (unpaired) electrons. The van der Waals surface area contributed by atoms with Crippen molar-refractivity contribution in [3.05, 3.63) is 0 Å². The second-order valence-electron chi connectivity index (χ2n) is 7.51. The quantitative estimate of drug-likeness (QED) is 0.816. The fourth-order valence-corrected chi connectivity index (χ4v) is 3.45. The van der Waals surface area contributed by atoms with Gasteiger partial charge < -0.3 is 15.2 Å². The molecule has 2 N–H and O–H groups in total. The zero-order chi connectivity index (χ0) is 15.5. The largest absolute Gasteiger partial charge is 0.481 e. The Bertz CT molecular complexity index is 389. The Kier molecular flexibility index (Phi) is 4.91. The molecule has 5 nitrogen and oxygen atoms in total. The van der Waals surface area contributed by atoms with E-state index in [-0.39, 0.29) is 12.3 Å². The third kappa shape index (κ3) is 4.70. The highest BCUT2D eigenvalue weighted by molar-refractivity contribution is 5.78. The minimum Gasteiger partial charge on any atom is -0.481 e. The van der Waals surface area contributed by atoms with Gasteiger partial charge in [0, 0.05) is 13.0 Å². The van der Waals surface area contributed by atoms with Crippen molar-refractivity contribution in [3.8, 4) is 0 Å². The predicted octanol–water partition coefficient (Wildman–Crippen LogP) is 2.34. The Morgan fingerprint density at radius 3 is 2.43 bits per heavy atom. The van der Waals surface area contributed by atoms with Crippen molar-refractivity contribution in [2.24, 2.45) is 11.3 Å². The number of carboxylic acids is 1. The molecule has 0 bridgehead atoms. The van der Waals surface area contributed by atoms with Gasteiger partial charge in [0.1, 0.15) is 0 Å². The first kappa shape index (κ1) is 16.3. The van der Waals surface area contributed by atoms with Gasteiger partial charge in [-0.05, 0) is 43.4 Å². The van der Waals surface area contributed by atoms with E-state index in [0.717, 1.165) is 25.7 Å². The topological polar surface area (TPSA) is 75.6 Å². The predicted molar refractivity (Wildman–Crippen MR) is 78.9 cm³/mol. The number of ether oxygens (including phenoxy) is 1. The molecule has 0 aromatic carbocycles. The van der Waals surface area contributed by atoms with E-state index in [2.05, 4.69) is 19.2 Å². The van der Waals surface area contributed by atoms with E-state index in [1.807, 2.05) is 0 Å². The number of rotatable bonds is 5. The van der Waals surface area contributed by atoms with Crippen LogP contribution in [-0.2, 0) is 14.3 Å². The molecular weight excluding hydrogens is 270 g/mol. The maximum absolute atomic E-state index is 12.3. The fourth-order valence-electron chi connectivity index (χ4n) is 3.45. The summed E-state index contributed by atoms with van der Waals surface area (Å²) in [7, 11) is 0. The number of aliphatic carboxylic acids is 1. The molecule has 1 saturated carbocycles. The highest BCUT2D eigenvalue weighted by atomic mass is 16.5. The number of carbonyl (C=O) groups is 2. The maximum atomic E-state index is 12.3. The van der Waals surface area contributed by atoms with Crippen LogP contribution in [0.3, 0.4) is 0 Å². The van der Waals surface area contributed by atoms with Crippen molar-refractivity contribution in [3.63, 3.8) is 0 Å². The van der Waals surface area contributed by atoms with Gasteiger partial charge in [0.2, 0.25) is 5.91 Å². The lowest BCUT2D eigenvalue weighted by Crippen LogP contribution is -2.51. The zero-order valence-corrected chi connectivity index (χ0v) is 13.1. The Morgan fingerprint density at radius 2 is 1.90 bits per heavy atom. The molecule has 1 aliphatic carbocycles. The Balaban J connectivity index is 1.84. The van der Waals surface area contributed by atoms with E-state index in [1.165, 1.54) is 0 Å². The summed E-state index contributed by atoms with van der Waals surface area (Å²) in [5, 5.41) is 12.0. The molecule has 1 saturated heterocycles. The van der Waals surface area contributed by atoms with Gasteiger partial charge in [0.25, 0.3) is 0 Å². The molecule has 5 heteroatoms. The van der Waals surface area contributed by atoms with Crippen LogP contribution in [0.2, 0.25) is 0 Å². The van der Waals surface area contributed by atoms with Crippen LogP contribution in [0.1, 0.15) is 58.8 Å². The number of hydrogen-bond acceptors (Lipinski definition) is 3. The lowest BCUT2D eigenvalue weighted by molar-refractivity contribution is -0.139. The minimum absolute atomic E-state index is 0.0218. The lowest BCUT2D eigenvalue weighted by atomic mass is 9.72. The van der Waals surface area contributed by atoms with Crippen molar-refractivity contribution in [1.82, 2.24) is 5.32 Å². The number of amides is 1. The smallest absolute Gasteiger partial charge is 0.305 e. The first-order chi connectivity index (χ1) is 9.80. The average molecular weight is 297 g/mol. The third-order valence-corrected chi connectivity index (χ3v) is 4.93. The third-order valence-electron chi connectivity index (χ3n) is 4.93. The molecule has 0 aromatic rings. The van der Waals surface area contributed by atoms with E-state index in [0.29, 0.717) is 37.4 Å². The van der Waals surface area contributed by atoms with Crippen LogP contribution in [-0.4, -0.2) is 35.7 Å². The molecule has 120 valence electrons. The van der Waals surface area contributed by atoms with Crippen LogP contribution in [0, 0.1) is 11.3 Å². The number of hydrogen-bond donors (Lipinski definition) is 2. The summed E-state index contributed by atoms with van der Waals surface area (Å²) >= 11 is 0. The van der Waals surface area contributed by atoms with E-state index < -0.39 is 11.5 Å². The second kappa shape index (κ2) is 6.34. The molecule has 1 atom stereocenters. The summed E-state index contributed by atoms with van der Waals surface area (Å²) in [6.45, 7) is 5.38. The molecule has 1 heterocycles. The SMILES string of the molecule is CC1(C)CCC(CC(=O)NC2(CC(=O)O)CCOC2)CC1. The molecule has 1 unspecified atom stereocenters. The van der Waals surface area contributed by atoms with Crippen molar-refractivity contribution in [2.75, 3.05) is 13.2 Å². The highest BCUT2D eigenvalue weighted by Gasteiger charge is 2.39. The highest BCUT2D eigenvalue weighted by Crippen LogP contribution is 2.39. The maximum Gasteiger partial charge on any atom is 0.305 e. The van der Waals surface area contributed by atoms with Crippen LogP contribution in [0.25, 0.3) is 0 Å². The number of nitrogens with one attached hydrogen (secondary N) is 1. The van der Waals surface area contributed by atoms with Crippen LogP contribution in [0.5, 0.6) is 0 Å². The van der Waals surface area contributed by atoms with Crippen molar-refractivity contribution in [1.29, 1.82) is 0 Å². The summed E-state index contributed by atoms with van der Waals surface area (Å²) in [4.78, 5) is 23.3. The first-order valence-electron chi connectivity index (χ1n) is 7.91. The average Bonchev–Trinajstić information content (AvgIpc) is 2.79. The fraction of sp³-hybridized carbons (Fsp3) is 0.875. The monoisotopic (exact) mass is 297 g/mol. The van der Waals surface area contributed by atoms with Gasteiger partial charge in [0.15, 0.2) is 0 Å². The molecular formula is C16H27NO4. The summed E-state index contributed by atoms with van der Waals surface area (Å²) in [5.74, 6) is -0.478. The van der Waals surface area contributed by atoms with Crippen LogP contribution in [0.4, 0.5) is 0 Å². The standard InChI is InChI=1S/C16H27NO4/c1-15(2)5-3-12(4-6-15)9-13(18)17-16(10-14(19)20)7-8-21-11-16/h12H,3-11H2,1-2H3,(H,17,18)(H,19,20). The normalized spacial score (nSPS) is 29.2. The summed E-state index contributed by atoms with van der Waals surface area (Å²) in [6.07, 6.45) is 5.53. The van der Waals surface area contributed by atoms with E-state index >= 15 is 0 Å². The van der Waals surface area contributed by atoms with Gasteiger partial charge in [-0.25, -0.2) is 0 Å². The number of carboxylic acid groups (broad SMARTS) is 1. The van der Waals surface area contributed by atoms with E-state index in [1.54, 1.807) is 0 Å². The van der Waals surface area contributed by atoms with Crippen molar-refractivity contribution >= 4 is 11.9 Å². The van der Waals surface area contributed by atoms with Gasteiger partial charge in [-0.2, -0.15) is 0 Å². The minimum atomic E-state index is -0.889. The van der Waals surface area contributed by atoms with Gasteiger partial charge in [0.05, 0.1) is 18.6 Å². The van der Waals surface area contributed by atoms with E-state index in [4.69, 9.17) is 9.84 Å². The molecule has 2 fully saturated rings. The molecule has 0 spiro atoms. The van der Waals surface area contributed by atoms with Crippen LogP contribution >= 0.6 is 0 Å². The molecule has 2 aliphatic rings. The van der Waals surface area contributed by atoms with Crippen LogP contribution in [0.15, 0.2) is 0 Å². The summed E-state index contributed by atoms with van der Waals surface area (Å²) in [6, 6.07) is 0. The van der Waals surface area contributed by atoms with Crippen molar-refractivity contribution in [2.45, 2.75) is 64.3 Å². The molecule has 21 heavy (non-hydrogen) atoms. The lowest BCUT2D eigenvalue weighted by Gasteiger charge is -2.35. The molecule has 1 amide bonds. The van der Waals surface area contributed by atoms with E-state index in [9.17, 15) is 9.59 Å². The second-order valence-corrected chi connectivity index (χ2v) is 7.51. The Morgan fingerprint density at radius 1 is 1.24 bits per heavy atom. The molecule has 1 aliphatic heterocycles. The Hall–Kier alpha value is -1.10.